The average molecular weight is 524 g/mol. The van der Waals surface area contributed by atoms with E-state index in [2.05, 4.69) is 13.8 Å². The SMILES string of the molecule is CCS(=O)(=O)CC(O)COc1c(Cl)cc(C(C)(C)c2ccc(OCCCCl)cc2)cc1Cl. The first-order valence-electron chi connectivity index (χ1n) is 10.3. The van der Waals surface area contributed by atoms with E-state index < -0.39 is 21.4 Å². The molecule has 0 radical (unpaired) electrons. The first-order chi connectivity index (χ1) is 15.0. The fourth-order valence-electron chi connectivity index (χ4n) is 3.08. The molecule has 1 atom stereocenters. The highest BCUT2D eigenvalue weighted by Gasteiger charge is 2.26. The molecule has 0 saturated heterocycles. The molecule has 0 aromatic heterocycles. The molecule has 5 nitrogen and oxygen atoms in total. The zero-order chi connectivity index (χ0) is 23.9. The zero-order valence-electron chi connectivity index (χ0n) is 18.4. The quantitative estimate of drug-likeness (QED) is 0.294. The van der Waals surface area contributed by atoms with Gasteiger partial charge in [-0.2, -0.15) is 0 Å². The number of ether oxygens (including phenoxy) is 2. The molecule has 1 N–H and O–H groups in total. The second-order valence-electron chi connectivity index (χ2n) is 7.97. The molecule has 0 spiro atoms. The lowest BCUT2D eigenvalue weighted by molar-refractivity contribution is 0.125. The van der Waals surface area contributed by atoms with Crippen molar-refractivity contribution in [2.45, 2.75) is 38.7 Å². The van der Waals surface area contributed by atoms with Gasteiger partial charge < -0.3 is 14.6 Å². The Balaban J connectivity index is 2.15. The first kappa shape index (κ1) is 27.1. The van der Waals surface area contributed by atoms with E-state index in [0.717, 1.165) is 23.3 Å². The second-order valence-corrected chi connectivity index (χ2v) is 11.6. The Bertz CT molecular complexity index is 968. The summed E-state index contributed by atoms with van der Waals surface area (Å²) in [6, 6.07) is 11.3. The van der Waals surface area contributed by atoms with E-state index in [4.69, 9.17) is 44.3 Å². The fourth-order valence-corrected chi connectivity index (χ4v) is 4.70. The summed E-state index contributed by atoms with van der Waals surface area (Å²) in [4.78, 5) is 0. The molecule has 178 valence electrons. The van der Waals surface area contributed by atoms with E-state index in [1.165, 1.54) is 6.92 Å². The van der Waals surface area contributed by atoms with E-state index >= 15 is 0 Å². The molecule has 0 heterocycles. The van der Waals surface area contributed by atoms with Crippen molar-refractivity contribution in [3.05, 3.63) is 57.6 Å². The van der Waals surface area contributed by atoms with Crippen LogP contribution in [0.5, 0.6) is 11.5 Å². The van der Waals surface area contributed by atoms with Crippen molar-refractivity contribution in [1.82, 2.24) is 0 Å². The van der Waals surface area contributed by atoms with Crippen molar-refractivity contribution >= 4 is 44.6 Å². The van der Waals surface area contributed by atoms with Gasteiger partial charge in [-0.3, -0.25) is 0 Å². The minimum absolute atomic E-state index is 0.0458. The summed E-state index contributed by atoms with van der Waals surface area (Å²) in [5.74, 6) is 1.12. The third kappa shape index (κ3) is 7.42. The van der Waals surface area contributed by atoms with Crippen LogP contribution in [-0.4, -0.2) is 50.2 Å². The topological polar surface area (TPSA) is 72.8 Å². The van der Waals surface area contributed by atoms with E-state index in [1.807, 2.05) is 24.3 Å². The van der Waals surface area contributed by atoms with Crippen LogP contribution in [0.15, 0.2) is 36.4 Å². The summed E-state index contributed by atoms with van der Waals surface area (Å²) in [5, 5.41) is 10.5. The van der Waals surface area contributed by atoms with Gasteiger partial charge in [-0.15, -0.1) is 11.6 Å². The van der Waals surface area contributed by atoms with Crippen LogP contribution in [0, 0.1) is 0 Å². The summed E-state index contributed by atoms with van der Waals surface area (Å²) in [6.07, 6.45) is -0.389. The molecule has 1 unspecified atom stereocenters. The number of aliphatic hydroxyl groups is 1. The molecule has 0 aliphatic heterocycles. The molecule has 2 rings (SSSR count). The molecule has 0 saturated carbocycles. The van der Waals surface area contributed by atoms with E-state index in [9.17, 15) is 13.5 Å². The Kier molecular flexibility index (Phi) is 9.98. The Morgan fingerprint density at radius 3 is 2.16 bits per heavy atom. The molecule has 0 aliphatic rings. The number of halogens is 3. The number of aliphatic hydroxyl groups excluding tert-OH is 1. The third-order valence-corrected chi connectivity index (χ3v) is 7.75. The second kappa shape index (κ2) is 11.8. The Hall–Kier alpha value is -1.18. The standard InChI is InChI=1S/C23H29Cl3O5S/c1-4-32(28,29)15-18(27)14-31-22-20(25)12-17(13-21(22)26)23(2,3)16-6-8-19(9-7-16)30-11-5-10-24/h6-9,12-13,18,27H,4-5,10-11,14-15H2,1-3H3. The van der Waals surface area contributed by atoms with Crippen LogP contribution in [0.1, 0.15) is 38.3 Å². The Morgan fingerprint density at radius 2 is 1.62 bits per heavy atom. The van der Waals surface area contributed by atoms with Crippen LogP contribution in [0.2, 0.25) is 10.0 Å². The van der Waals surface area contributed by atoms with Crippen LogP contribution in [0.25, 0.3) is 0 Å². The lowest BCUT2D eigenvalue weighted by Gasteiger charge is -2.27. The van der Waals surface area contributed by atoms with Gasteiger partial charge in [0, 0.05) is 17.0 Å². The van der Waals surface area contributed by atoms with Gasteiger partial charge >= 0.3 is 0 Å². The maximum absolute atomic E-state index is 11.7. The maximum Gasteiger partial charge on any atom is 0.156 e. The highest BCUT2D eigenvalue weighted by molar-refractivity contribution is 7.91. The lowest BCUT2D eigenvalue weighted by Crippen LogP contribution is -2.28. The smallest absolute Gasteiger partial charge is 0.156 e. The molecular weight excluding hydrogens is 495 g/mol. The van der Waals surface area contributed by atoms with Gasteiger partial charge in [0.1, 0.15) is 18.5 Å². The molecule has 32 heavy (non-hydrogen) atoms. The summed E-state index contributed by atoms with van der Waals surface area (Å²) >= 11 is 18.5. The minimum Gasteiger partial charge on any atom is -0.494 e. The Labute approximate surface area is 205 Å². The summed E-state index contributed by atoms with van der Waals surface area (Å²) in [7, 11) is -3.32. The van der Waals surface area contributed by atoms with Gasteiger partial charge in [-0.05, 0) is 41.8 Å². The summed E-state index contributed by atoms with van der Waals surface area (Å²) in [5.41, 5.74) is 1.52. The number of hydrogen-bond acceptors (Lipinski definition) is 5. The molecule has 0 fully saturated rings. The molecule has 2 aromatic carbocycles. The predicted molar refractivity (Wildman–Crippen MR) is 132 cm³/mol. The molecule has 2 aromatic rings. The van der Waals surface area contributed by atoms with Gasteiger partial charge in [-0.1, -0.05) is 56.1 Å². The van der Waals surface area contributed by atoms with Gasteiger partial charge in [0.15, 0.2) is 15.6 Å². The normalized spacial score (nSPS) is 13.1. The molecule has 9 heteroatoms. The molecule has 0 aliphatic carbocycles. The Morgan fingerprint density at radius 1 is 1.03 bits per heavy atom. The van der Waals surface area contributed by atoms with Crippen molar-refractivity contribution in [3.8, 4) is 11.5 Å². The van der Waals surface area contributed by atoms with Gasteiger partial charge in [-0.25, -0.2) is 8.42 Å². The summed E-state index contributed by atoms with van der Waals surface area (Å²) < 4.78 is 34.5. The van der Waals surface area contributed by atoms with Crippen LogP contribution < -0.4 is 9.47 Å². The molecule has 0 amide bonds. The van der Waals surface area contributed by atoms with Crippen molar-refractivity contribution in [3.63, 3.8) is 0 Å². The van der Waals surface area contributed by atoms with Crippen molar-refractivity contribution in [2.24, 2.45) is 0 Å². The zero-order valence-corrected chi connectivity index (χ0v) is 21.5. The minimum atomic E-state index is -3.32. The maximum atomic E-state index is 11.7. The van der Waals surface area contributed by atoms with Gasteiger partial charge in [0.25, 0.3) is 0 Å². The number of rotatable bonds is 12. The van der Waals surface area contributed by atoms with Crippen molar-refractivity contribution in [1.29, 1.82) is 0 Å². The number of alkyl halides is 1. The van der Waals surface area contributed by atoms with Crippen LogP contribution in [-0.2, 0) is 15.3 Å². The van der Waals surface area contributed by atoms with Crippen molar-refractivity contribution < 1.29 is 23.0 Å². The predicted octanol–water partition coefficient (Wildman–Crippen LogP) is 5.50. The van der Waals surface area contributed by atoms with E-state index in [1.54, 1.807) is 12.1 Å². The lowest BCUT2D eigenvalue weighted by atomic mass is 9.78. The van der Waals surface area contributed by atoms with Crippen LogP contribution in [0.4, 0.5) is 0 Å². The van der Waals surface area contributed by atoms with Gasteiger partial charge in [0.2, 0.25) is 0 Å². The van der Waals surface area contributed by atoms with E-state index in [-0.39, 0.29) is 33.9 Å². The monoisotopic (exact) mass is 522 g/mol. The van der Waals surface area contributed by atoms with Crippen LogP contribution in [0.3, 0.4) is 0 Å². The number of benzene rings is 2. The van der Waals surface area contributed by atoms with Gasteiger partial charge in [0.05, 0.1) is 22.4 Å². The average Bonchev–Trinajstić information content (AvgIpc) is 2.73. The van der Waals surface area contributed by atoms with E-state index in [0.29, 0.717) is 12.5 Å². The highest BCUT2D eigenvalue weighted by Crippen LogP contribution is 2.40. The van der Waals surface area contributed by atoms with Crippen molar-refractivity contribution in [2.75, 3.05) is 30.6 Å². The van der Waals surface area contributed by atoms with Crippen LogP contribution >= 0.6 is 34.8 Å². The third-order valence-electron chi connectivity index (χ3n) is 5.15. The summed E-state index contributed by atoms with van der Waals surface area (Å²) in [6.45, 7) is 5.97. The first-order valence-corrected chi connectivity index (χ1v) is 13.4. The molecular formula is C23H29Cl3O5S. The fraction of sp³-hybridized carbons (Fsp3) is 0.478. The number of hydrogen-bond donors (Lipinski definition) is 1. The molecule has 0 bridgehead atoms. The largest absolute Gasteiger partial charge is 0.494 e. The number of sulfone groups is 1. The highest BCUT2D eigenvalue weighted by atomic mass is 35.5.